The number of nitrogens with zero attached hydrogens (tertiary/aromatic N) is 3. The maximum Gasteiger partial charge on any atom is 0.328 e. The zero-order valence-electron chi connectivity index (χ0n) is 33.1. The molecule has 310 valence electrons. The number of hydrogen-bond donors (Lipinski definition) is 7. The summed E-state index contributed by atoms with van der Waals surface area (Å²) >= 11 is 0. The van der Waals surface area contributed by atoms with Crippen molar-refractivity contribution < 1.29 is 44.1 Å². The molecule has 2 heterocycles. The Kier molecular flexibility index (Phi) is 18.9. The summed E-state index contributed by atoms with van der Waals surface area (Å²) in [6.07, 6.45) is 10.3. The summed E-state index contributed by atoms with van der Waals surface area (Å²) in [5.74, 6) is -4.85. The fourth-order valence-corrected chi connectivity index (χ4v) is 6.87. The number of imidazole rings is 1. The lowest BCUT2D eigenvalue weighted by atomic mass is 10.0. The molecular weight excluding hydrogens is 722 g/mol. The number of amides is 5. The zero-order chi connectivity index (χ0) is 41.2. The van der Waals surface area contributed by atoms with Crippen LogP contribution in [0.3, 0.4) is 0 Å². The Morgan fingerprint density at radius 1 is 0.839 bits per heavy atom. The van der Waals surface area contributed by atoms with Crippen LogP contribution in [0.1, 0.15) is 96.7 Å². The normalized spacial score (nSPS) is 16.7. The van der Waals surface area contributed by atoms with Crippen LogP contribution in [0.25, 0.3) is 0 Å². The number of likely N-dealkylation sites (tertiary alicyclic amines) is 1. The van der Waals surface area contributed by atoms with Crippen molar-refractivity contribution in [2.75, 3.05) is 13.2 Å². The van der Waals surface area contributed by atoms with Gasteiger partial charge in [0.1, 0.15) is 24.2 Å². The molecule has 5 amide bonds. The fourth-order valence-electron chi connectivity index (χ4n) is 6.87. The van der Waals surface area contributed by atoms with Crippen molar-refractivity contribution in [3.05, 3.63) is 54.1 Å². The second-order valence-electron chi connectivity index (χ2n) is 15.1. The minimum Gasteiger partial charge on any atom is -0.480 e. The van der Waals surface area contributed by atoms with Crippen LogP contribution in [0.4, 0.5) is 0 Å². The molecule has 1 aliphatic heterocycles. The van der Waals surface area contributed by atoms with Crippen LogP contribution >= 0.6 is 0 Å². The molecular formula is C40H61N7O9. The average molecular weight is 784 g/mol. The molecule has 7 N–H and O–H groups in total. The van der Waals surface area contributed by atoms with Gasteiger partial charge in [0.05, 0.1) is 19.0 Å². The number of rotatable bonds is 24. The first-order valence-corrected chi connectivity index (χ1v) is 19.7. The third-order valence-corrected chi connectivity index (χ3v) is 9.96. The predicted octanol–water partition coefficient (Wildman–Crippen LogP) is 1.46. The summed E-state index contributed by atoms with van der Waals surface area (Å²) < 4.78 is 1.89. The van der Waals surface area contributed by atoms with Gasteiger partial charge in [-0.2, -0.15) is 0 Å². The third kappa shape index (κ3) is 14.7. The van der Waals surface area contributed by atoms with Crippen LogP contribution in [0.15, 0.2) is 42.9 Å². The Balaban J connectivity index is 1.73. The van der Waals surface area contributed by atoms with Gasteiger partial charge < -0.3 is 46.1 Å². The predicted molar refractivity (Wildman–Crippen MR) is 208 cm³/mol. The molecule has 0 unspecified atom stereocenters. The average Bonchev–Trinajstić information content (AvgIpc) is 3.83. The van der Waals surface area contributed by atoms with E-state index in [9.17, 15) is 44.1 Å². The van der Waals surface area contributed by atoms with Crippen molar-refractivity contribution in [1.82, 2.24) is 35.7 Å². The number of carbonyl (C=O) groups is 6. The molecule has 1 fully saturated rings. The second-order valence-corrected chi connectivity index (χ2v) is 15.1. The molecule has 0 aliphatic carbocycles. The van der Waals surface area contributed by atoms with Crippen LogP contribution in [0.2, 0.25) is 0 Å². The van der Waals surface area contributed by atoms with Crippen LogP contribution < -0.4 is 21.3 Å². The zero-order valence-corrected chi connectivity index (χ0v) is 33.1. The molecule has 0 saturated carbocycles. The summed E-state index contributed by atoms with van der Waals surface area (Å²) in [4.78, 5) is 83.6. The van der Waals surface area contributed by atoms with Crippen molar-refractivity contribution >= 4 is 35.5 Å². The first kappa shape index (κ1) is 45.6. The van der Waals surface area contributed by atoms with E-state index in [0.717, 1.165) is 44.9 Å². The first-order chi connectivity index (χ1) is 26.7. The highest BCUT2D eigenvalue weighted by molar-refractivity contribution is 5.96. The van der Waals surface area contributed by atoms with Gasteiger partial charge in [0.25, 0.3) is 0 Å². The Morgan fingerprint density at radius 2 is 1.46 bits per heavy atom. The number of hydrogen-bond acceptors (Lipinski definition) is 9. The molecule has 1 aliphatic rings. The van der Waals surface area contributed by atoms with Crippen LogP contribution in [0.5, 0.6) is 0 Å². The Hall–Kier alpha value is -4.83. The topological polar surface area (TPSA) is 232 Å². The number of aromatic nitrogens is 2. The number of nitrogens with one attached hydrogen (secondary N) is 4. The van der Waals surface area contributed by atoms with Gasteiger partial charge in [-0.05, 0) is 56.9 Å². The largest absolute Gasteiger partial charge is 0.480 e. The minimum absolute atomic E-state index is 0.0466. The molecule has 16 heteroatoms. The second kappa shape index (κ2) is 23.3. The third-order valence-electron chi connectivity index (χ3n) is 9.96. The fraction of sp³-hybridized carbons (Fsp3) is 0.625. The summed E-state index contributed by atoms with van der Waals surface area (Å²) in [6.45, 7) is 6.44. The lowest BCUT2D eigenvalue weighted by Crippen LogP contribution is -2.60. The number of aryl methyl sites for hydroxylation is 2. The lowest BCUT2D eigenvalue weighted by molar-refractivity contribution is -0.145. The molecule has 3 rings (SSSR count). The SMILES string of the molecule is CC(=O)N1CCC[C@H]1C(=O)N[C@@H](CC(C)C)C(=O)N[C@@H](Cc1cncn1CCCCCCCCc1ccccc1)C(=O)N[C@@H](CO)C(=O)N[C@H](C(=O)O)[C@@H](C)O. The van der Waals surface area contributed by atoms with Gasteiger partial charge in [-0.25, -0.2) is 9.78 Å². The van der Waals surface area contributed by atoms with E-state index in [1.165, 1.54) is 24.3 Å². The summed E-state index contributed by atoms with van der Waals surface area (Å²) in [7, 11) is 0. The standard InChI is InChI=1S/C40H61N7O9/c1-26(2)21-31(43-39(54)34-18-14-20-47(34)28(4)50)36(51)42-32(37(52)44-33(24-48)38(53)45-35(27(3)49)40(55)56)22-30-23-41-25-46(30)19-13-8-6-5-7-10-15-29-16-11-9-12-17-29/h9,11-12,16-17,23,25-27,31-35,48-49H,5-8,10,13-15,18-22,24H2,1-4H3,(H,42,51)(H,43,54)(H,44,52)(H,45,53)(H,55,56)/t27-,31+,32+,33+,34+,35+/m1/s1. The van der Waals surface area contributed by atoms with Crippen LogP contribution in [-0.4, -0.2) is 115 Å². The van der Waals surface area contributed by atoms with Crippen molar-refractivity contribution in [3.63, 3.8) is 0 Å². The molecule has 56 heavy (non-hydrogen) atoms. The summed E-state index contributed by atoms with van der Waals surface area (Å²) in [5, 5.41) is 39.3. The van der Waals surface area contributed by atoms with Crippen molar-refractivity contribution in [3.8, 4) is 0 Å². The molecule has 1 aromatic carbocycles. The molecule has 0 radical (unpaired) electrons. The number of benzene rings is 1. The van der Waals surface area contributed by atoms with E-state index in [-0.39, 0.29) is 24.7 Å². The van der Waals surface area contributed by atoms with Crippen molar-refractivity contribution in [2.45, 2.75) is 141 Å². The Bertz CT molecular complexity index is 1580. The highest BCUT2D eigenvalue weighted by atomic mass is 16.4. The molecule has 0 spiro atoms. The molecule has 1 aromatic heterocycles. The first-order valence-electron chi connectivity index (χ1n) is 19.7. The summed E-state index contributed by atoms with van der Waals surface area (Å²) in [6, 6.07) is 3.98. The van der Waals surface area contributed by atoms with Crippen LogP contribution in [0, 0.1) is 5.92 Å². The number of carboxylic acid groups (broad SMARTS) is 1. The number of carbonyl (C=O) groups excluding carboxylic acids is 5. The summed E-state index contributed by atoms with van der Waals surface area (Å²) in [5.41, 5.74) is 1.96. The lowest BCUT2D eigenvalue weighted by Gasteiger charge is -2.28. The van der Waals surface area contributed by atoms with Gasteiger partial charge in [-0.1, -0.05) is 69.9 Å². The highest BCUT2D eigenvalue weighted by Gasteiger charge is 2.36. The Labute approximate surface area is 329 Å². The molecule has 6 atom stereocenters. The van der Waals surface area contributed by atoms with Crippen molar-refractivity contribution in [2.24, 2.45) is 5.92 Å². The van der Waals surface area contributed by atoms with Gasteiger partial charge >= 0.3 is 5.97 Å². The van der Waals surface area contributed by atoms with Gasteiger partial charge in [-0.3, -0.25) is 24.0 Å². The van der Waals surface area contributed by atoms with Gasteiger partial charge in [-0.15, -0.1) is 0 Å². The number of carboxylic acids is 1. The molecule has 16 nitrogen and oxygen atoms in total. The van der Waals surface area contributed by atoms with E-state index in [4.69, 9.17) is 0 Å². The van der Waals surface area contributed by atoms with E-state index >= 15 is 0 Å². The van der Waals surface area contributed by atoms with Gasteiger partial charge in [0, 0.05) is 38.3 Å². The van der Waals surface area contributed by atoms with E-state index < -0.39 is 72.5 Å². The molecule has 1 saturated heterocycles. The Morgan fingerprint density at radius 3 is 2.09 bits per heavy atom. The number of aliphatic carboxylic acids is 1. The van der Waals surface area contributed by atoms with E-state index in [2.05, 4.69) is 50.5 Å². The van der Waals surface area contributed by atoms with E-state index in [0.29, 0.717) is 31.6 Å². The van der Waals surface area contributed by atoms with Gasteiger partial charge in [0.2, 0.25) is 29.5 Å². The maximum atomic E-state index is 13.9. The molecule has 0 bridgehead atoms. The quantitative estimate of drug-likeness (QED) is 0.0758. The smallest absolute Gasteiger partial charge is 0.328 e. The number of unbranched alkanes of at least 4 members (excludes halogenated alkanes) is 5. The number of aliphatic hydroxyl groups is 2. The van der Waals surface area contributed by atoms with Gasteiger partial charge in [0.15, 0.2) is 6.04 Å². The minimum atomic E-state index is -1.70. The monoisotopic (exact) mass is 783 g/mol. The van der Waals surface area contributed by atoms with E-state index in [1.807, 2.05) is 24.5 Å². The molecule has 2 aromatic rings. The maximum absolute atomic E-state index is 13.9. The highest BCUT2D eigenvalue weighted by Crippen LogP contribution is 2.19. The van der Waals surface area contributed by atoms with E-state index in [1.54, 1.807) is 12.5 Å². The number of aliphatic hydroxyl groups excluding tert-OH is 2. The van der Waals surface area contributed by atoms with Crippen molar-refractivity contribution in [1.29, 1.82) is 0 Å². The van der Waals surface area contributed by atoms with Crippen LogP contribution in [-0.2, 0) is 48.2 Å².